The first kappa shape index (κ1) is 10.2. The van der Waals surface area contributed by atoms with Crippen LogP contribution in [0.3, 0.4) is 0 Å². The maximum absolute atomic E-state index is 6.36. The summed E-state index contributed by atoms with van der Waals surface area (Å²) in [5, 5.41) is 8.07. The van der Waals surface area contributed by atoms with Gasteiger partial charge in [0.05, 0.1) is 6.54 Å². The van der Waals surface area contributed by atoms with Gasteiger partial charge in [-0.25, -0.2) is 0 Å². The second-order valence-electron chi connectivity index (χ2n) is 5.43. The minimum atomic E-state index is -0.0256. The Bertz CT molecular complexity index is 379. The van der Waals surface area contributed by atoms with Crippen LogP contribution in [0.15, 0.2) is 6.33 Å². The number of hydrogen-bond acceptors (Lipinski definition) is 4. The van der Waals surface area contributed by atoms with Crippen LogP contribution in [0.1, 0.15) is 25.6 Å². The Morgan fingerprint density at radius 3 is 3.06 bits per heavy atom. The standard InChI is InChI=1S/C11H19N5/c1-11(12,9-2-3-9)7-15-4-5-16-8-13-14-10(16)6-15/h8-9H,2-7,12H2,1H3. The fourth-order valence-corrected chi connectivity index (χ4v) is 2.61. The van der Waals surface area contributed by atoms with Crippen LogP contribution in [0.25, 0.3) is 0 Å². The summed E-state index contributed by atoms with van der Waals surface area (Å²) >= 11 is 0. The lowest BCUT2D eigenvalue weighted by molar-refractivity contribution is 0.164. The third-order valence-corrected chi connectivity index (χ3v) is 3.79. The van der Waals surface area contributed by atoms with E-state index in [1.165, 1.54) is 12.8 Å². The van der Waals surface area contributed by atoms with Crippen molar-refractivity contribution >= 4 is 0 Å². The van der Waals surface area contributed by atoms with E-state index in [1.54, 1.807) is 0 Å². The van der Waals surface area contributed by atoms with E-state index in [1.807, 2.05) is 6.33 Å². The van der Waals surface area contributed by atoms with Gasteiger partial charge in [-0.3, -0.25) is 4.90 Å². The van der Waals surface area contributed by atoms with Crippen LogP contribution in [-0.2, 0) is 13.1 Å². The lowest BCUT2D eigenvalue weighted by Gasteiger charge is -2.34. The van der Waals surface area contributed by atoms with Crippen molar-refractivity contribution in [2.75, 3.05) is 13.1 Å². The molecule has 1 aromatic rings. The van der Waals surface area contributed by atoms with Gasteiger partial charge in [-0.1, -0.05) is 0 Å². The van der Waals surface area contributed by atoms with Gasteiger partial charge in [0.15, 0.2) is 0 Å². The number of rotatable bonds is 3. The molecule has 16 heavy (non-hydrogen) atoms. The molecule has 0 spiro atoms. The van der Waals surface area contributed by atoms with Crippen LogP contribution in [0.4, 0.5) is 0 Å². The van der Waals surface area contributed by atoms with Crippen molar-refractivity contribution in [3.8, 4) is 0 Å². The molecule has 2 aliphatic rings. The van der Waals surface area contributed by atoms with Gasteiger partial charge in [0.2, 0.25) is 0 Å². The Labute approximate surface area is 95.6 Å². The summed E-state index contributed by atoms with van der Waals surface area (Å²) in [4.78, 5) is 2.41. The van der Waals surface area contributed by atoms with Crippen LogP contribution in [0, 0.1) is 5.92 Å². The van der Waals surface area contributed by atoms with Crippen molar-refractivity contribution in [2.24, 2.45) is 11.7 Å². The molecule has 1 fully saturated rings. The van der Waals surface area contributed by atoms with E-state index in [4.69, 9.17) is 5.73 Å². The second-order valence-corrected chi connectivity index (χ2v) is 5.43. The van der Waals surface area contributed by atoms with Crippen molar-refractivity contribution in [2.45, 2.75) is 38.4 Å². The quantitative estimate of drug-likeness (QED) is 0.793. The third kappa shape index (κ3) is 1.85. The average molecular weight is 221 g/mol. The summed E-state index contributed by atoms with van der Waals surface area (Å²) in [6.07, 6.45) is 4.42. The lowest BCUT2D eigenvalue weighted by Crippen LogP contribution is -2.51. The molecule has 0 radical (unpaired) electrons. The predicted octanol–water partition coefficient (Wildman–Crippen LogP) is 0.221. The third-order valence-electron chi connectivity index (χ3n) is 3.79. The number of aromatic nitrogens is 3. The Morgan fingerprint density at radius 1 is 1.50 bits per heavy atom. The average Bonchev–Trinajstić information content (AvgIpc) is 2.99. The normalized spacial score (nSPS) is 25.1. The lowest BCUT2D eigenvalue weighted by atomic mass is 9.96. The van der Waals surface area contributed by atoms with Crippen LogP contribution >= 0.6 is 0 Å². The number of fused-ring (bicyclic) bond motifs is 1. The molecular weight excluding hydrogens is 202 g/mol. The molecular formula is C11H19N5. The molecule has 1 aliphatic heterocycles. The molecule has 0 aromatic carbocycles. The molecule has 1 unspecified atom stereocenters. The maximum atomic E-state index is 6.36. The van der Waals surface area contributed by atoms with E-state index >= 15 is 0 Å². The first-order valence-electron chi connectivity index (χ1n) is 6.03. The smallest absolute Gasteiger partial charge is 0.147 e. The molecule has 1 aliphatic carbocycles. The first-order valence-corrected chi connectivity index (χ1v) is 6.03. The summed E-state index contributed by atoms with van der Waals surface area (Å²) in [5.74, 6) is 1.80. The monoisotopic (exact) mass is 221 g/mol. The molecule has 2 N–H and O–H groups in total. The SMILES string of the molecule is CC(N)(CN1CCn2cnnc2C1)C1CC1. The molecule has 1 aromatic heterocycles. The zero-order valence-electron chi connectivity index (χ0n) is 9.76. The minimum Gasteiger partial charge on any atom is -0.324 e. The second kappa shape index (κ2) is 3.53. The van der Waals surface area contributed by atoms with E-state index in [0.29, 0.717) is 0 Å². The Balaban J connectivity index is 1.65. The molecule has 1 saturated carbocycles. The Morgan fingerprint density at radius 2 is 2.31 bits per heavy atom. The number of nitrogens with two attached hydrogens (primary N) is 1. The fourth-order valence-electron chi connectivity index (χ4n) is 2.61. The highest BCUT2D eigenvalue weighted by molar-refractivity contribution is 4.99. The van der Waals surface area contributed by atoms with Crippen molar-refractivity contribution in [1.29, 1.82) is 0 Å². The van der Waals surface area contributed by atoms with Gasteiger partial charge in [-0.05, 0) is 25.7 Å². The highest BCUT2D eigenvalue weighted by atomic mass is 15.3. The van der Waals surface area contributed by atoms with Gasteiger partial charge in [-0.2, -0.15) is 0 Å². The molecule has 2 heterocycles. The minimum absolute atomic E-state index is 0.0256. The van der Waals surface area contributed by atoms with Crippen LogP contribution in [0.2, 0.25) is 0 Å². The highest BCUT2D eigenvalue weighted by Crippen LogP contribution is 2.38. The van der Waals surface area contributed by atoms with E-state index in [0.717, 1.165) is 37.9 Å². The molecule has 0 bridgehead atoms. The summed E-state index contributed by atoms with van der Waals surface area (Å²) in [7, 11) is 0. The van der Waals surface area contributed by atoms with E-state index in [-0.39, 0.29) is 5.54 Å². The molecule has 0 saturated heterocycles. The van der Waals surface area contributed by atoms with Gasteiger partial charge >= 0.3 is 0 Å². The van der Waals surface area contributed by atoms with E-state index in [9.17, 15) is 0 Å². The van der Waals surface area contributed by atoms with Crippen molar-refractivity contribution in [3.05, 3.63) is 12.2 Å². The summed E-state index contributed by atoms with van der Waals surface area (Å²) in [6.45, 7) is 6.10. The summed E-state index contributed by atoms with van der Waals surface area (Å²) < 4.78 is 2.13. The van der Waals surface area contributed by atoms with Crippen LogP contribution in [0.5, 0.6) is 0 Å². The Hall–Kier alpha value is -0.940. The number of hydrogen-bond donors (Lipinski definition) is 1. The highest BCUT2D eigenvalue weighted by Gasteiger charge is 2.39. The summed E-state index contributed by atoms with van der Waals surface area (Å²) in [6, 6.07) is 0. The Kier molecular flexibility index (Phi) is 2.26. The van der Waals surface area contributed by atoms with Gasteiger partial charge < -0.3 is 10.3 Å². The van der Waals surface area contributed by atoms with Crippen molar-refractivity contribution in [3.63, 3.8) is 0 Å². The molecule has 5 nitrogen and oxygen atoms in total. The van der Waals surface area contributed by atoms with E-state index in [2.05, 4.69) is 26.6 Å². The maximum Gasteiger partial charge on any atom is 0.147 e. The number of nitrogens with zero attached hydrogens (tertiary/aromatic N) is 4. The molecule has 1 atom stereocenters. The topological polar surface area (TPSA) is 60.0 Å². The van der Waals surface area contributed by atoms with Gasteiger partial charge in [0, 0.05) is 25.2 Å². The first-order chi connectivity index (χ1) is 7.65. The molecule has 5 heteroatoms. The van der Waals surface area contributed by atoms with Gasteiger partial charge in [0.25, 0.3) is 0 Å². The molecule has 3 rings (SSSR count). The van der Waals surface area contributed by atoms with Gasteiger partial charge in [-0.15, -0.1) is 10.2 Å². The van der Waals surface area contributed by atoms with Crippen molar-refractivity contribution < 1.29 is 0 Å². The summed E-state index contributed by atoms with van der Waals surface area (Å²) in [5.41, 5.74) is 6.34. The van der Waals surface area contributed by atoms with Crippen molar-refractivity contribution in [1.82, 2.24) is 19.7 Å². The fraction of sp³-hybridized carbons (Fsp3) is 0.818. The largest absolute Gasteiger partial charge is 0.324 e. The van der Waals surface area contributed by atoms with E-state index < -0.39 is 0 Å². The zero-order chi connectivity index (χ0) is 11.2. The molecule has 0 amide bonds. The predicted molar refractivity (Wildman–Crippen MR) is 60.6 cm³/mol. The van der Waals surface area contributed by atoms with Crippen LogP contribution < -0.4 is 5.73 Å². The van der Waals surface area contributed by atoms with Crippen LogP contribution in [-0.4, -0.2) is 38.3 Å². The van der Waals surface area contributed by atoms with Gasteiger partial charge in [0.1, 0.15) is 12.2 Å². The zero-order valence-corrected chi connectivity index (χ0v) is 9.76. The molecule has 88 valence electrons.